The zero-order valence-corrected chi connectivity index (χ0v) is 12.6. The molecular formula is C14H19ClFN3O2. The van der Waals surface area contributed by atoms with Crippen molar-refractivity contribution in [2.45, 2.75) is 0 Å². The Morgan fingerprint density at radius 1 is 1.52 bits per heavy atom. The number of nitrogens with one attached hydrogen (secondary N) is 2. The maximum Gasteiger partial charge on any atom is 0.319 e. The highest BCUT2D eigenvalue weighted by Gasteiger charge is 2.16. The third-order valence-electron chi connectivity index (χ3n) is 3.21. The molecule has 2 N–H and O–H groups in total. The number of halogens is 2. The van der Waals surface area contributed by atoms with Crippen LogP contribution in [0.3, 0.4) is 0 Å². The number of hydrogen-bond donors (Lipinski definition) is 2. The summed E-state index contributed by atoms with van der Waals surface area (Å²) in [7, 11) is 2.02. The molecule has 0 radical (unpaired) electrons. The minimum Gasteiger partial charge on any atom is -0.380 e. The second kappa shape index (κ2) is 7.59. The van der Waals surface area contributed by atoms with Crippen LogP contribution in [-0.2, 0) is 4.74 Å². The molecule has 1 unspecified atom stereocenters. The first-order chi connectivity index (χ1) is 10.0. The van der Waals surface area contributed by atoms with E-state index in [2.05, 4.69) is 15.5 Å². The maximum atomic E-state index is 13.2. The number of carbonyl (C=O) groups is 1. The summed E-state index contributed by atoms with van der Waals surface area (Å²) in [5.74, 6) is -0.254. The van der Waals surface area contributed by atoms with E-state index in [0.717, 1.165) is 13.1 Å². The Bertz CT molecular complexity index is 481. The number of nitrogens with zero attached hydrogens (tertiary/aromatic N) is 1. The molecule has 1 aliphatic heterocycles. The average molecular weight is 316 g/mol. The quantitative estimate of drug-likeness (QED) is 0.899. The summed E-state index contributed by atoms with van der Waals surface area (Å²) in [6.07, 6.45) is 0. The van der Waals surface area contributed by atoms with Gasteiger partial charge in [-0.2, -0.15) is 0 Å². The van der Waals surface area contributed by atoms with Gasteiger partial charge < -0.3 is 20.3 Å². The molecule has 2 amide bonds. The van der Waals surface area contributed by atoms with Gasteiger partial charge in [-0.3, -0.25) is 0 Å². The molecule has 1 aromatic carbocycles. The van der Waals surface area contributed by atoms with Crippen molar-refractivity contribution in [3.05, 3.63) is 29.0 Å². The Balaban J connectivity index is 1.81. The summed E-state index contributed by atoms with van der Waals surface area (Å²) >= 11 is 5.73. The minimum absolute atomic E-state index is 0.236. The molecule has 2 rings (SSSR count). The standard InChI is InChI=1S/C14H19ClFN3O2/c1-19-2-3-21-9-10(8-19)7-17-14(20)18-13-5-11(15)4-12(16)6-13/h4-6,10H,2-3,7-9H2,1H3,(H2,17,18,20). The summed E-state index contributed by atoms with van der Waals surface area (Å²) < 4.78 is 18.6. The molecule has 1 heterocycles. The summed E-state index contributed by atoms with van der Waals surface area (Å²) in [6.45, 7) is 3.59. The summed E-state index contributed by atoms with van der Waals surface area (Å²) in [6, 6.07) is 3.51. The highest BCUT2D eigenvalue weighted by molar-refractivity contribution is 6.30. The van der Waals surface area contributed by atoms with Gasteiger partial charge in [-0.1, -0.05) is 11.6 Å². The Labute approximate surface area is 128 Å². The van der Waals surface area contributed by atoms with Gasteiger partial charge >= 0.3 is 6.03 Å². The van der Waals surface area contributed by atoms with Gasteiger partial charge in [0.1, 0.15) is 5.82 Å². The molecular weight excluding hydrogens is 297 g/mol. The third-order valence-corrected chi connectivity index (χ3v) is 3.43. The number of ether oxygens (including phenoxy) is 1. The lowest BCUT2D eigenvalue weighted by atomic mass is 10.1. The van der Waals surface area contributed by atoms with Gasteiger partial charge in [0.05, 0.1) is 13.2 Å². The lowest BCUT2D eigenvalue weighted by Gasteiger charge is -2.19. The second-order valence-electron chi connectivity index (χ2n) is 5.20. The Kier molecular flexibility index (Phi) is 5.78. The zero-order chi connectivity index (χ0) is 15.2. The van der Waals surface area contributed by atoms with Crippen LogP contribution in [0.15, 0.2) is 18.2 Å². The average Bonchev–Trinajstić information content (AvgIpc) is 2.59. The normalized spacial score (nSPS) is 19.9. The van der Waals surface area contributed by atoms with E-state index in [1.807, 2.05) is 7.05 Å². The predicted octanol–water partition coefficient (Wildman–Crippen LogP) is 2.18. The number of urea groups is 1. The van der Waals surface area contributed by atoms with Gasteiger partial charge in [0.25, 0.3) is 0 Å². The first-order valence-corrected chi connectivity index (χ1v) is 7.18. The predicted molar refractivity (Wildman–Crippen MR) is 80.2 cm³/mol. The van der Waals surface area contributed by atoms with Crippen LogP contribution in [0.2, 0.25) is 5.02 Å². The maximum absolute atomic E-state index is 13.2. The van der Waals surface area contributed by atoms with Crippen LogP contribution in [0, 0.1) is 11.7 Å². The van der Waals surface area contributed by atoms with E-state index in [1.165, 1.54) is 18.2 Å². The molecule has 0 aromatic heterocycles. The van der Waals surface area contributed by atoms with Crippen LogP contribution in [0.25, 0.3) is 0 Å². The molecule has 116 valence electrons. The van der Waals surface area contributed by atoms with Crippen molar-refractivity contribution in [3.8, 4) is 0 Å². The number of anilines is 1. The Morgan fingerprint density at radius 3 is 3.10 bits per heavy atom. The van der Waals surface area contributed by atoms with Crippen LogP contribution >= 0.6 is 11.6 Å². The topological polar surface area (TPSA) is 53.6 Å². The van der Waals surface area contributed by atoms with E-state index >= 15 is 0 Å². The number of benzene rings is 1. The lowest BCUT2D eigenvalue weighted by molar-refractivity contribution is 0.122. The van der Waals surface area contributed by atoms with E-state index in [4.69, 9.17) is 16.3 Å². The molecule has 1 aromatic rings. The molecule has 1 fully saturated rings. The number of carbonyl (C=O) groups excluding carboxylic acids is 1. The fraction of sp³-hybridized carbons (Fsp3) is 0.500. The molecule has 1 atom stereocenters. The molecule has 5 nitrogen and oxygen atoms in total. The van der Waals surface area contributed by atoms with Crippen LogP contribution in [0.4, 0.5) is 14.9 Å². The van der Waals surface area contributed by atoms with Gasteiger partial charge in [0.2, 0.25) is 0 Å². The van der Waals surface area contributed by atoms with Crippen LogP contribution in [-0.4, -0.2) is 50.8 Å². The third kappa shape index (κ3) is 5.49. The van der Waals surface area contributed by atoms with E-state index in [1.54, 1.807) is 0 Å². The smallest absolute Gasteiger partial charge is 0.319 e. The molecule has 0 bridgehead atoms. The van der Waals surface area contributed by atoms with Gasteiger partial charge in [-0.15, -0.1) is 0 Å². The lowest BCUT2D eigenvalue weighted by Crippen LogP contribution is -2.37. The van der Waals surface area contributed by atoms with Crippen molar-refractivity contribution in [1.82, 2.24) is 10.2 Å². The van der Waals surface area contributed by atoms with E-state index in [-0.39, 0.29) is 17.0 Å². The van der Waals surface area contributed by atoms with Gasteiger partial charge in [0.15, 0.2) is 0 Å². The van der Waals surface area contributed by atoms with E-state index < -0.39 is 5.82 Å². The highest BCUT2D eigenvalue weighted by atomic mass is 35.5. The number of amides is 2. The van der Waals surface area contributed by atoms with Crippen molar-refractivity contribution < 1.29 is 13.9 Å². The monoisotopic (exact) mass is 315 g/mol. The number of rotatable bonds is 3. The largest absolute Gasteiger partial charge is 0.380 e. The minimum atomic E-state index is -0.489. The molecule has 0 saturated carbocycles. The van der Waals surface area contributed by atoms with E-state index in [9.17, 15) is 9.18 Å². The van der Waals surface area contributed by atoms with Gasteiger partial charge in [0, 0.05) is 36.3 Å². The van der Waals surface area contributed by atoms with Crippen molar-refractivity contribution in [1.29, 1.82) is 0 Å². The first-order valence-electron chi connectivity index (χ1n) is 6.80. The summed E-state index contributed by atoms with van der Waals surface area (Å²) in [5.41, 5.74) is 0.326. The molecule has 1 aliphatic rings. The molecule has 7 heteroatoms. The van der Waals surface area contributed by atoms with Crippen molar-refractivity contribution in [2.75, 3.05) is 45.2 Å². The Morgan fingerprint density at radius 2 is 2.33 bits per heavy atom. The van der Waals surface area contributed by atoms with Crippen LogP contribution in [0.5, 0.6) is 0 Å². The van der Waals surface area contributed by atoms with Gasteiger partial charge in [-0.25, -0.2) is 9.18 Å². The SMILES string of the molecule is CN1CCOCC(CNC(=O)Nc2cc(F)cc(Cl)c2)C1. The Hall–Kier alpha value is -1.37. The van der Waals surface area contributed by atoms with Crippen LogP contribution < -0.4 is 10.6 Å². The zero-order valence-electron chi connectivity index (χ0n) is 11.9. The molecule has 0 spiro atoms. The second-order valence-corrected chi connectivity index (χ2v) is 5.63. The highest BCUT2D eigenvalue weighted by Crippen LogP contribution is 2.17. The number of hydrogen-bond acceptors (Lipinski definition) is 3. The fourth-order valence-electron chi connectivity index (χ4n) is 2.22. The number of likely N-dealkylation sites (N-methyl/N-ethyl adjacent to an activating group) is 1. The van der Waals surface area contributed by atoms with Crippen molar-refractivity contribution in [3.63, 3.8) is 0 Å². The molecule has 0 aliphatic carbocycles. The first kappa shape index (κ1) is 16.0. The van der Waals surface area contributed by atoms with Crippen LogP contribution in [0.1, 0.15) is 0 Å². The summed E-state index contributed by atoms with van der Waals surface area (Å²) in [4.78, 5) is 14.0. The fourth-order valence-corrected chi connectivity index (χ4v) is 2.44. The van der Waals surface area contributed by atoms with Crippen molar-refractivity contribution >= 4 is 23.3 Å². The van der Waals surface area contributed by atoms with Gasteiger partial charge in [-0.05, 0) is 25.2 Å². The molecule has 1 saturated heterocycles. The van der Waals surface area contributed by atoms with E-state index in [0.29, 0.717) is 25.4 Å². The summed E-state index contributed by atoms with van der Waals surface area (Å²) in [5, 5.41) is 5.57. The van der Waals surface area contributed by atoms with Crippen molar-refractivity contribution in [2.24, 2.45) is 5.92 Å². The molecule has 21 heavy (non-hydrogen) atoms.